The second kappa shape index (κ2) is 22.9. The maximum Gasteiger partial charge on any atom is 0.172 e. The third kappa shape index (κ3) is 11.6. The smallest absolute Gasteiger partial charge is 0.172 e. The van der Waals surface area contributed by atoms with Gasteiger partial charge < -0.3 is 19.3 Å². The minimum absolute atomic E-state index is 0.0201. The number of allylic oxidation sites excluding steroid dienone is 9. The molecule has 4 nitrogen and oxygen atoms in total. The minimum Gasteiger partial charge on any atom is -0.333 e. The lowest BCUT2D eigenvalue weighted by atomic mass is 9.54. The van der Waals surface area contributed by atoms with Crippen molar-refractivity contribution in [2.45, 2.75) is 242 Å². The van der Waals surface area contributed by atoms with Crippen LogP contribution in [0.1, 0.15) is 259 Å². The molecule has 3 aliphatic carbocycles. The Bertz CT molecular complexity index is 4700. The van der Waals surface area contributed by atoms with Gasteiger partial charge in [0.15, 0.2) is 7.28 Å². The highest BCUT2D eigenvalue weighted by molar-refractivity contribution is 6.61. The Balaban J connectivity index is 1.16. The van der Waals surface area contributed by atoms with Gasteiger partial charge in [0.25, 0.3) is 0 Å². The Morgan fingerprint density at radius 1 is 0.408 bits per heavy atom. The molecule has 4 unspecified atom stereocenters. The van der Waals surface area contributed by atoms with Gasteiger partial charge >= 0.3 is 0 Å². The number of hydrogen-bond donors (Lipinski definition) is 0. The Labute approximate surface area is 590 Å². The second-order valence-corrected chi connectivity index (χ2v) is 38.1. The first-order chi connectivity index (χ1) is 45.6. The van der Waals surface area contributed by atoms with Crippen molar-refractivity contribution in [1.29, 1.82) is 0 Å². The standard InChI is InChI=1S/C93H110BN4/c1-86(2,3)57-28-38-65(39-29-57)95-77-46-36-63(92(19,20)21)54-71(77)84-72-55-64(93(22,23)24)37-47-78(72)96(66-40-30-58(31-41-66)87(4,5)6)82-49-56(48-81(95)85(82)94-84)83-79(97-73-42-32-59(88(7,8)9)50-67(73)68-51-60(89(10,11)12)33-43-74(68)97)26-25-27-80(83)98-75-44-34-61(90(13,14)15)52-69(75)70-53-62(91(16,17)18)35-45-76(70)98/h25-26,28-30,32-40,42-55,67,73,80,84H,27,31,41H2,1-24H3. The molecule has 0 amide bonds. The predicted octanol–water partition coefficient (Wildman–Crippen LogP) is 25.0. The van der Waals surface area contributed by atoms with E-state index in [1.54, 1.807) is 0 Å². The van der Waals surface area contributed by atoms with Crippen LogP contribution in [0.25, 0.3) is 27.4 Å². The van der Waals surface area contributed by atoms with Gasteiger partial charge in [0.2, 0.25) is 0 Å². The van der Waals surface area contributed by atoms with E-state index in [1.165, 1.54) is 139 Å². The van der Waals surface area contributed by atoms with Crippen molar-refractivity contribution in [2.24, 2.45) is 10.8 Å². The number of fused-ring (bicyclic) bond motifs is 11. The summed E-state index contributed by atoms with van der Waals surface area (Å²) in [7, 11) is 2.70. The molecular formula is C93H110BN4. The van der Waals surface area contributed by atoms with Crippen LogP contribution in [0.3, 0.4) is 0 Å². The van der Waals surface area contributed by atoms with E-state index in [0.717, 1.165) is 24.9 Å². The molecule has 4 atom stereocenters. The largest absolute Gasteiger partial charge is 0.333 e. The molecular weight excluding hydrogens is 1180 g/mol. The number of anilines is 6. The highest BCUT2D eigenvalue weighted by atomic mass is 15.2. The van der Waals surface area contributed by atoms with Gasteiger partial charge in [0.1, 0.15) is 0 Å². The van der Waals surface area contributed by atoms with Crippen molar-refractivity contribution in [3.05, 3.63) is 248 Å². The topological polar surface area (TPSA) is 14.7 Å². The number of rotatable bonds is 5. The molecule has 4 heterocycles. The van der Waals surface area contributed by atoms with Gasteiger partial charge in [0, 0.05) is 78.8 Å². The van der Waals surface area contributed by atoms with Crippen LogP contribution < -0.4 is 20.2 Å². The normalized spacial score (nSPS) is 19.8. The third-order valence-corrected chi connectivity index (χ3v) is 22.8. The zero-order chi connectivity index (χ0) is 70.3. The molecule has 8 aromatic rings. The fourth-order valence-electron chi connectivity index (χ4n) is 16.6. The van der Waals surface area contributed by atoms with Gasteiger partial charge in [-0.2, -0.15) is 0 Å². The number of hydrogen-bond acceptors (Lipinski definition) is 3. The van der Waals surface area contributed by atoms with Crippen molar-refractivity contribution >= 4 is 74.2 Å². The van der Waals surface area contributed by atoms with E-state index in [0.29, 0.717) is 0 Å². The molecule has 0 saturated carbocycles. The number of nitrogens with zero attached hydrogens (tertiary/aromatic N) is 4. The van der Waals surface area contributed by atoms with Crippen LogP contribution in [0.4, 0.5) is 34.1 Å². The average Bonchev–Trinajstić information content (AvgIpc) is 1.53. The van der Waals surface area contributed by atoms with E-state index < -0.39 is 0 Å². The van der Waals surface area contributed by atoms with Crippen LogP contribution in [0.5, 0.6) is 0 Å². The fourth-order valence-corrected chi connectivity index (χ4v) is 16.6. The monoisotopic (exact) mass is 1290 g/mol. The summed E-state index contributed by atoms with van der Waals surface area (Å²) in [6, 6.07) is 52.3. The molecule has 0 saturated heterocycles. The maximum atomic E-state index is 2.79. The van der Waals surface area contributed by atoms with Crippen molar-refractivity contribution in [1.82, 2.24) is 4.57 Å². The van der Waals surface area contributed by atoms with Crippen LogP contribution in [-0.4, -0.2) is 17.9 Å². The Morgan fingerprint density at radius 3 is 1.37 bits per heavy atom. The van der Waals surface area contributed by atoms with Crippen molar-refractivity contribution in [3.8, 4) is 0 Å². The SMILES string of the molecule is CC(C)(C)C1=CC2c3cc(C(C)(C)C)ccc3N(C3=C(c4cc5c6c(c4)N(c4ccc(C(C)(C)C)cc4)c4ccc(C(C)(C)C)cc4C([B]6)c4cc(C(C)(C)C)ccc4N5C4=CC=C(C(C)(C)C)CC4)C(n4c5ccc(C(C)(C)C)cc5c5cc(C(C)(C)C)ccc54)CC=C3)C2C=C1. The summed E-state index contributed by atoms with van der Waals surface area (Å²) >= 11 is 0. The van der Waals surface area contributed by atoms with E-state index in [-0.39, 0.29) is 67.1 Å². The molecule has 98 heavy (non-hydrogen) atoms. The van der Waals surface area contributed by atoms with Crippen molar-refractivity contribution in [3.63, 3.8) is 0 Å². The second-order valence-electron chi connectivity index (χ2n) is 38.1. The van der Waals surface area contributed by atoms with Gasteiger partial charge in [0.05, 0.1) is 12.1 Å². The van der Waals surface area contributed by atoms with E-state index in [4.69, 9.17) is 0 Å². The maximum absolute atomic E-state index is 2.79. The summed E-state index contributed by atoms with van der Waals surface area (Å²) in [5, 5.41) is 2.64. The molecule has 7 aromatic carbocycles. The number of benzene rings is 7. The first kappa shape index (κ1) is 67.4. The first-order valence-corrected chi connectivity index (χ1v) is 36.9. The molecule has 1 aromatic heterocycles. The van der Waals surface area contributed by atoms with Crippen molar-refractivity contribution < 1.29 is 0 Å². The first-order valence-electron chi connectivity index (χ1n) is 36.9. The van der Waals surface area contributed by atoms with Gasteiger partial charge in [-0.05, 0) is 214 Å². The molecule has 0 fully saturated rings. The van der Waals surface area contributed by atoms with Crippen LogP contribution in [0, 0.1) is 10.8 Å². The summed E-state index contributed by atoms with van der Waals surface area (Å²) in [6.07, 6.45) is 20.4. The zero-order valence-corrected chi connectivity index (χ0v) is 64.0. The Hall–Kier alpha value is -7.76. The quantitative estimate of drug-likeness (QED) is 0.160. The zero-order valence-electron chi connectivity index (χ0n) is 64.0. The summed E-state index contributed by atoms with van der Waals surface area (Å²) in [5.41, 5.74) is 31.1. The van der Waals surface area contributed by atoms with Crippen LogP contribution in [-0.2, 0) is 32.5 Å². The third-order valence-electron chi connectivity index (χ3n) is 22.8. The Morgan fingerprint density at radius 2 is 0.878 bits per heavy atom. The van der Waals surface area contributed by atoms with Crippen LogP contribution in [0.15, 0.2) is 192 Å². The van der Waals surface area contributed by atoms with Crippen LogP contribution in [0.2, 0.25) is 0 Å². The van der Waals surface area contributed by atoms with Gasteiger partial charge in [-0.1, -0.05) is 263 Å². The minimum atomic E-state index is -0.124. The highest BCUT2D eigenvalue weighted by Crippen LogP contribution is 2.57. The summed E-state index contributed by atoms with van der Waals surface area (Å²) in [5.74, 6) is 0.0723. The summed E-state index contributed by atoms with van der Waals surface area (Å²) < 4.78 is 2.79. The molecule has 14 rings (SSSR count). The molecule has 2 bridgehead atoms. The molecule has 5 heteroatoms. The summed E-state index contributed by atoms with van der Waals surface area (Å²) in [4.78, 5) is 8.23. The lowest BCUT2D eigenvalue weighted by Crippen LogP contribution is -2.35. The van der Waals surface area contributed by atoms with Crippen LogP contribution >= 0.6 is 0 Å². The van der Waals surface area contributed by atoms with Gasteiger partial charge in [-0.3, -0.25) is 0 Å². The fraction of sp³-hybridized carbons (Fsp3) is 0.419. The molecule has 0 spiro atoms. The molecule has 1 radical (unpaired) electrons. The number of aromatic nitrogens is 1. The molecule has 6 aliphatic rings. The predicted molar refractivity (Wildman–Crippen MR) is 425 cm³/mol. The highest BCUT2D eigenvalue weighted by Gasteiger charge is 2.45. The molecule has 3 aliphatic heterocycles. The average molecular weight is 1290 g/mol. The van der Waals surface area contributed by atoms with Gasteiger partial charge in [-0.15, -0.1) is 0 Å². The van der Waals surface area contributed by atoms with Gasteiger partial charge in [-0.25, -0.2) is 0 Å². The van der Waals surface area contributed by atoms with E-state index in [9.17, 15) is 0 Å². The molecule has 0 N–H and O–H groups in total. The lowest BCUT2D eigenvalue weighted by molar-refractivity contribution is 0.479. The molecule has 505 valence electrons. The Kier molecular flexibility index (Phi) is 15.7. The lowest BCUT2D eigenvalue weighted by Gasteiger charge is -2.39. The van der Waals surface area contributed by atoms with E-state index in [2.05, 4.69) is 363 Å². The van der Waals surface area contributed by atoms with E-state index in [1.807, 2.05) is 0 Å². The van der Waals surface area contributed by atoms with Crippen molar-refractivity contribution in [2.75, 3.05) is 14.7 Å². The van der Waals surface area contributed by atoms with E-state index >= 15 is 0 Å². The summed E-state index contributed by atoms with van der Waals surface area (Å²) in [6.45, 7) is 56.9.